The third-order valence-electron chi connectivity index (χ3n) is 3.68. The van der Waals surface area contributed by atoms with E-state index in [9.17, 15) is 22.0 Å². The average Bonchev–Trinajstić information content (AvgIpc) is 3.01. The number of rotatable bonds is 5. The van der Waals surface area contributed by atoms with Crippen molar-refractivity contribution in [2.75, 3.05) is 5.32 Å². The lowest BCUT2D eigenvalue weighted by Gasteiger charge is -2.10. The molecule has 0 fully saturated rings. The Bertz CT molecular complexity index is 935. The van der Waals surface area contributed by atoms with Crippen LogP contribution in [0.25, 0.3) is 10.4 Å². The highest BCUT2D eigenvalue weighted by Crippen LogP contribution is 2.34. The molecular weight excluding hydrogens is 387 g/mol. The molecule has 142 valence electrons. The maximum absolute atomic E-state index is 13.6. The third-order valence-corrected chi connectivity index (χ3v) is 4.67. The standard InChI is InChI=1S/C18H13F5N2OS/c1-10-7-11(26-18(21,22)23)5-6-12(10)16-9-25-17(27-16)24-8-13-14(19)3-2-4-15(13)20/h2-7,9H,8H2,1H3,(H,24,25). The average molecular weight is 400 g/mol. The zero-order chi connectivity index (χ0) is 19.6. The minimum absolute atomic E-state index is 0.0806. The quantitative estimate of drug-likeness (QED) is 0.541. The van der Waals surface area contributed by atoms with Crippen LogP contribution in [0.4, 0.5) is 27.1 Å². The van der Waals surface area contributed by atoms with Crippen LogP contribution in [0.5, 0.6) is 5.75 Å². The maximum Gasteiger partial charge on any atom is 0.573 e. The molecule has 0 radical (unpaired) electrons. The van der Waals surface area contributed by atoms with Gasteiger partial charge in [-0.05, 0) is 48.4 Å². The summed E-state index contributed by atoms with van der Waals surface area (Å²) in [6, 6.07) is 7.62. The Morgan fingerprint density at radius 1 is 1.11 bits per heavy atom. The Balaban J connectivity index is 1.74. The Hall–Kier alpha value is -2.68. The first-order chi connectivity index (χ1) is 12.7. The fourth-order valence-corrected chi connectivity index (χ4v) is 3.36. The van der Waals surface area contributed by atoms with Gasteiger partial charge in [0, 0.05) is 18.3 Å². The number of aromatic nitrogens is 1. The van der Waals surface area contributed by atoms with E-state index in [0.29, 0.717) is 21.1 Å². The molecule has 0 amide bonds. The van der Waals surface area contributed by atoms with E-state index in [1.54, 1.807) is 6.92 Å². The number of hydrogen-bond acceptors (Lipinski definition) is 4. The van der Waals surface area contributed by atoms with Crippen LogP contribution < -0.4 is 10.1 Å². The van der Waals surface area contributed by atoms with Crippen molar-refractivity contribution in [2.45, 2.75) is 19.8 Å². The number of alkyl halides is 3. The van der Waals surface area contributed by atoms with Crippen LogP contribution >= 0.6 is 11.3 Å². The van der Waals surface area contributed by atoms with E-state index < -0.39 is 18.0 Å². The van der Waals surface area contributed by atoms with Crippen molar-refractivity contribution in [3.8, 4) is 16.2 Å². The van der Waals surface area contributed by atoms with E-state index in [0.717, 1.165) is 0 Å². The number of benzene rings is 2. The van der Waals surface area contributed by atoms with Crippen molar-refractivity contribution in [1.29, 1.82) is 0 Å². The van der Waals surface area contributed by atoms with E-state index in [1.807, 2.05) is 0 Å². The first kappa shape index (κ1) is 19.1. The number of ether oxygens (including phenoxy) is 1. The predicted octanol–water partition coefficient (Wildman–Crippen LogP) is 5.91. The molecule has 0 saturated heterocycles. The Kier molecular flexibility index (Phi) is 5.31. The van der Waals surface area contributed by atoms with Gasteiger partial charge in [0.15, 0.2) is 5.13 Å². The highest BCUT2D eigenvalue weighted by molar-refractivity contribution is 7.18. The molecular formula is C18H13F5N2OS. The van der Waals surface area contributed by atoms with E-state index in [2.05, 4.69) is 15.0 Å². The van der Waals surface area contributed by atoms with E-state index in [4.69, 9.17) is 0 Å². The second-order valence-corrected chi connectivity index (χ2v) is 6.64. The zero-order valence-electron chi connectivity index (χ0n) is 13.9. The SMILES string of the molecule is Cc1cc(OC(F)(F)F)ccc1-c1cnc(NCc2c(F)cccc2F)s1. The lowest BCUT2D eigenvalue weighted by Crippen LogP contribution is -2.17. The molecule has 2 aromatic carbocycles. The van der Waals surface area contributed by atoms with Crippen molar-refractivity contribution in [3.05, 3.63) is 65.4 Å². The molecule has 1 heterocycles. The van der Waals surface area contributed by atoms with Gasteiger partial charge in [0.1, 0.15) is 17.4 Å². The second kappa shape index (κ2) is 7.51. The normalized spacial score (nSPS) is 11.5. The molecule has 3 aromatic rings. The molecule has 0 aliphatic rings. The zero-order valence-corrected chi connectivity index (χ0v) is 14.7. The number of anilines is 1. The molecule has 0 aliphatic carbocycles. The summed E-state index contributed by atoms with van der Waals surface area (Å²) < 4.78 is 68.0. The third kappa shape index (κ3) is 4.73. The van der Waals surface area contributed by atoms with Crippen molar-refractivity contribution >= 4 is 16.5 Å². The topological polar surface area (TPSA) is 34.1 Å². The van der Waals surface area contributed by atoms with Crippen LogP contribution in [0.1, 0.15) is 11.1 Å². The molecule has 0 saturated carbocycles. The summed E-state index contributed by atoms with van der Waals surface area (Å²) >= 11 is 1.22. The van der Waals surface area contributed by atoms with Crippen molar-refractivity contribution in [3.63, 3.8) is 0 Å². The van der Waals surface area contributed by atoms with Gasteiger partial charge in [-0.3, -0.25) is 0 Å². The summed E-state index contributed by atoms with van der Waals surface area (Å²) in [6.45, 7) is 1.57. The summed E-state index contributed by atoms with van der Waals surface area (Å²) in [4.78, 5) is 4.84. The van der Waals surface area contributed by atoms with Crippen LogP contribution in [0.2, 0.25) is 0 Å². The Morgan fingerprint density at radius 2 is 1.81 bits per heavy atom. The van der Waals surface area contributed by atoms with Gasteiger partial charge >= 0.3 is 6.36 Å². The number of nitrogens with one attached hydrogen (secondary N) is 1. The number of halogens is 5. The van der Waals surface area contributed by atoms with Crippen LogP contribution in [0, 0.1) is 18.6 Å². The summed E-state index contributed by atoms with van der Waals surface area (Å²) in [7, 11) is 0. The first-order valence-corrected chi connectivity index (χ1v) is 8.54. The predicted molar refractivity (Wildman–Crippen MR) is 92.7 cm³/mol. The molecule has 3 rings (SSSR count). The van der Waals surface area contributed by atoms with Crippen molar-refractivity contribution in [2.24, 2.45) is 0 Å². The van der Waals surface area contributed by atoms with Gasteiger partial charge < -0.3 is 10.1 Å². The van der Waals surface area contributed by atoms with Gasteiger partial charge in [-0.25, -0.2) is 13.8 Å². The second-order valence-electron chi connectivity index (χ2n) is 5.61. The Morgan fingerprint density at radius 3 is 2.44 bits per heavy atom. The summed E-state index contributed by atoms with van der Waals surface area (Å²) in [6.07, 6.45) is -3.21. The van der Waals surface area contributed by atoms with Gasteiger partial charge in [0.05, 0.1) is 4.88 Å². The summed E-state index contributed by atoms with van der Waals surface area (Å²) in [5.74, 6) is -1.62. The molecule has 1 N–H and O–H groups in total. The maximum atomic E-state index is 13.6. The number of thiazole rings is 1. The van der Waals surface area contributed by atoms with Gasteiger partial charge in [-0.1, -0.05) is 17.4 Å². The number of aryl methyl sites for hydroxylation is 1. The van der Waals surface area contributed by atoms with Crippen molar-refractivity contribution < 1.29 is 26.7 Å². The minimum atomic E-state index is -4.75. The van der Waals surface area contributed by atoms with Gasteiger partial charge in [-0.2, -0.15) is 0 Å². The van der Waals surface area contributed by atoms with E-state index in [1.165, 1.54) is 53.9 Å². The van der Waals surface area contributed by atoms with Crippen molar-refractivity contribution in [1.82, 2.24) is 4.98 Å². The summed E-state index contributed by atoms with van der Waals surface area (Å²) in [5, 5.41) is 3.28. The van der Waals surface area contributed by atoms with E-state index >= 15 is 0 Å². The molecule has 0 atom stereocenters. The van der Waals surface area contributed by atoms with Crippen LogP contribution in [0.15, 0.2) is 42.6 Å². The highest BCUT2D eigenvalue weighted by atomic mass is 32.1. The molecule has 9 heteroatoms. The molecule has 3 nitrogen and oxygen atoms in total. The Labute approximate surface area is 155 Å². The molecule has 0 spiro atoms. The monoisotopic (exact) mass is 400 g/mol. The fourth-order valence-electron chi connectivity index (χ4n) is 2.46. The first-order valence-electron chi connectivity index (χ1n) is 7.72. The number of nitrogens with zero attached hydrogens (tertiary/aromatic N) is 1. The van der Waals surface area contributed by atoms with Crippen LogP contribution in [-0.2, 0) is 6.54 Å². The number of hydrogen-bond donors (Lipinski definition) is 1. The molecule has 27 heavy (non-hydrogen) atoms. The fraction of sp³-hybridized carbons (Fsp3) is 0.167. The van der Waals surface area contributed by atoms with Crippen LogP contribution in [0.3, 0.4) is 0 Å². The molecule has 0 aliphatic heterocycles. The molecule has 0 bridgehead atoms. The largest absolute Gasteiger partial charge is 0.573 e. The lowest BCUT2D eigenvalue weighted by molar-refractivity contribution is -0.274. The van der Waals surface area contributed by atoms with Gasteiger partial charge in [0.25, 0.3) is 0 Å². The summed E-state index contributed by atoms with van der Waals surface area (Å²) in [5.41, 5.74) is 1.17. The molecule has 0 unspecified atom stereocenters. The smallest absolute Gasteiger partial charge is 0.406 e. The highest BCUT2D eigenvalue weighted by Gasteiger charge is 2.31. The van der Waals surface area contributed by atoms with E-state index in [-0.39, 0.29) is 17.9 Å². The van der Waals surface area contributed by atoms with Crippen LogP contribution in [-0.4, -0.2) is 11.3 Å². The molecule has 1 aromatic heterocycles. The van der Waals surface area contributed by atoms with Gasteiger partial charge in [-0.15, -0.1) is 13.2 Å². The lowest BCUT2D eigenvalue weighted by atomic mass is 10.1. The minimum Gasteiger partial charge on any atom is -0.406 e. The van der Waals surface area contributed by atoms with Gasteiger partial charge in [0.2, 0.25) is 0 Å².